The highest BCUT2D eigenvalue weighted by Crippen LogP contribution is 1.73. The van der Waals surface area contributed by atoms with Crippen molar-refractivity contribution < 1.29 is 47.9 Å². The van der Waals surface area contributed by atoms with E-state index in [4.69, 9.17) is 10.2 Å². The molecule has 0 fully saturated rings. The first-order valence-electron chi connectivity index (χ1n) is 1.55. The number of carbonyl (C=O) groups is 1. The number of rotatable bonds is 1. The molecule has 0 heterocycles. The van der Waals surface area contributed by atoms with Crippen LogP contribution in [-0.2, 0) is 4.79 Å². The van der Waals surface area contributed by atoms with Gasteiger partial charge in [0.25, 0.3) is 0 Å². The van der Waals surface area contributed by atoms with Gasteiger partial charge in [0.05, 0.1) is 0 Å². The van der Waals surface area contributed by atoms with Crippen LogP contribution in [0.5, 0.6) is 0 Å². The minimum Gasteiger partial charge on any atom is -0.479 e. The second kappa shape index (κ2) is 31.9. The van der Waals surface area contributed by atoms with E-state index in [9.17, 15) is 4.79 Å². The van der Waals surface area contributed by atoms with Gasteiger partial charge in [-0.05, 0) is 6.92 Å². The van der Waals surface area contributed by atoms with Crippen molar-refractivity contribution in [3.05, 3.63) is 0 Å². The van der Waals surface area contributed by atoms with Crippen molar-refractivity contribution in [2.24, 2.45) is 0 Å². The Labute approximate surface area is 68.1 Å². The van der Waals surface area contributed by atoms with Gasteiger partial charge in [-0.15, -0.1) is 0 Å². The number of carboxylic acid groups (broad SMARTS) is 1. The summed E-state index contributed by atoms with van der Waals surface area (Å²) < 4.78 is 0. The van der Waals surface area contributed by atoms with Crippen molar-refractivity contribution >= 4 is 5.97 Å². The molecule has 1 atom stereocenters. The second-order valence-electron chi connectivity index (χ2n) is 1.01. The van der Waals surface area contributed by atoms with Crippen molar-refractivity contribution in [1.29, 1.82) is 0 Å². The van der Waals surface area contributed by atoms with Gasteiger partial charge >= 0.3 is 5.97 Å². The third kappa shape index (κ3) is 60.6. The van der Waals surface area contributed by atoms with Crippen LogP contribution in [0, 0.1) is 0 Å². The molecule has 0 saturated carbocycles. The number of hydrogen-bond acceptors (Lipinski definition) is 2. The van der Waals surface area contributed by atoms with Crippen LogP contribution in [0.25, 0.3) is 0 Å². The summed E-state index contributed by atoms with van der Waals surface area (Å²) in [5.74, 6) is -1.19. The first-order chi connectivity index (χ1) is 2.64. The molecule has 84 valence electrons. The molecule has 0 aromatic heterocycles. The van der Waals surface area contributed by atoms with Crippen LogP contribution in [0.2, 0.25) is 0 Å². The number of hydrogen-bond donors (Lipinski definition) is 2. The highest BCUT2D eigenvalue weighted by Gasteiger charge is 2.01. The van der Waals surface area contributed by atoms with Gasteiger partial charge in [0.15, 0.2) is 0 Å². The lowest BCUT2D eigenvalue weighted by Crippen LogP contribution is -2.13. The first-order valence-corrected chi connectivity index (χ1v) is 1.55. The van der Waals surface area contributed by atoms with Crippen LogP contribution in [0.15, 0.2) is 0 Å². The van der Waals surface area contributed by atoms with E-state index >= 15 is 0 Å². The Morgan fingerprint density at radius 1 is 1.00 bits per heavy atom. The van der Waals surface area contributed by atoms with E-state index in [0.29, 0.717) is 0 Å². The summed E-state index contributed by atoms with van der Waals surface area (Å²) in [5, 5.41) is 15.8. The molecule has 0 radical (unpaired) electrons. The molecule has 0 aliphatic heterocycles. The van der Waals surface area contributed by atoms with Crippen LogP contribution in [-0.4, -0.2) is 55.1 Å². The van der Waals surface area contributed by atoms with Gasteiger partial charge in [-0.3, -0.25) is 0 Å². The summed E-state index contributed by atoms with van der Waals surface area (Å²) in [4.78, 5) is 9.45. The maximum atomic E-state index is 9.45. The minimum atomic E-state index is -1.23. The normalized spacial score (nSPS) is 6.83. The Morgan fingerprint density at radius 2 is 1.08 bits per heavy atom. The Balaban J connectivity index is -0.00000000833. The Bertz CT molecular complexity index is 60.8. The molecule has 9 nitrogen and oxygen atoms in total. The fourth-order valence-corrected chi connectivity index (χ4v) is 0. The molecular weight excluding hydrogens is 180 g/mol. The van der Waals surface area contributed by atoms with Gasteiger partial charge in [0.2, 0.25) is 0 Å². The molecule has 0 aromatic rings. The van der Waals surface area contributed by atoms with Crippen LogP contribution < -0.4 is 0 Å². The zero-order chi connectivity index (χ0) is 5.15. The molecule has 12 heavy (non-hydrogen) atoms. The largest absolute Gasteiger partial charge is 0.479 e. The van der Waals surface area contributed by atoms with Crippen LogP contribution in [0.1, 0.15) is 6.92 Å². The van der Waals surface area contributed by atoms with E-state index in [1.165, 1.54) is 6.92 Å². The Kier molecular flexibility index (Phi) is 176. The monoisotopic (exact) mass is 198 g/mol. The van der Waals surface area contributed by atoms with Crippen LogP contribution in [0.4, 0.5) is 0 Å². The lowest BCUT2D eigenvalue weighted by molar-refractivity contribution is -0.145. The molecule has 9 heteroatoms. The maximum Gasteiger partial charge on any atom is 0.332 e. The van der Waals surface area contributed by atoms with E-state index in [0.717, 1.165) is 0 Å². The van der Waals surface area contributed by atoms with Crippen LogP contribution >= 0.6 is 0 Å². The standard InChI is InChI=1S/C3H6O3.6H2O/c1-2(4)3(5)6;;;;;;/h2,4H,1H3,(H,5,6);6*1H2. The summed E-state index contributed by atoms with van der Waals surface area (Å²) in [6.07, 6.45) is -1.23. The quantitative estimate of drug-likeness (QED) is 0.418. The number of aliphatic carboxylic acids is 1. The van der Waals surface area contributed by atoms with E-state index in [1.54, 1.807) is 0 Å². The predicted octanol–water partition coefficient (Wildman–Crippen LogP) is -5.50. The molecule has 0 rings (SSSR count). The van der Waals surface area contributed by atoms with E-state index in [2.05, 4.69) is 0 Å². The molecule has 0 aromatic carbocycles. The molecule has 0 spiro atoms. The minimum absolute atomic E-state index is 0. The Hall–Kier alpha value is -0.810. The smallest absolute Gasteiger partial charge is 0.332 e. The fourth-order valence-electron chi connectivity index (χ4n) is 0. The van der Waals surface area contributed by atoms with Gasteiger partial charge in [-0.1, -0.05) is 0 Å². The van der Waals surface area contributed by atoms with Gasteiger partial charge < -0.3 is 43.1 Å². The summed E-state index contributed by atoms with van der Waals surface area (Å²) >= 11 is 0. The molecular formula is C3H18O9. The third-order valence-electron chi connectivity index (χ3n) is 0.357. The molecule has 0 aliphatic rings. The zero-order valence-corrected chi connectivity index (χ0v) is 6.38. The molecule has 0 amide bonds. The molecule has 0 saturated heterocycles. The highest BCUT2D eigenvalue weighted by molar-refractivity contribution is 5.71. The fraction of sp³-hybridized carbons (Fsp3) is 0.667. The van der Waals surface area contributed by atoms with Crippen molar-refractivity contribution in [1.82, 2.24) is 0 Å². The summed E-state index contributed by atoms with van der Waals surface area (Å²) in [5.41, 5.74) is 0. The molecule has 14 N–H and O–H groups in total. The van der Waals surface area contributed by atoms with E-state index in [-0.39, 0.29) is 32.9 Å². The third-order valence-corrected chi connectivity index (χ3v) is 0.357. The van der Waals surface area contributed by atoms with Crippen LogP contribution in [0.3, 0.4) is 0 Å². The van der Waals surface area contributed by atoms with Crippen molar-refractivity contribution in [2.75, 3.05) is 0 Å². The SMILES string of the molecule is CC(O)C(=O)O.O.O.O.O.O.O. The van der Waals surface area contributed by atoms with Crippen molar-refractivity contribution in [3.63, 3.8) is 0 Å². The maximum absolute atomic E-state index is 9.45. The highest BCUT2D eigenvalue weighted by atomic mass is 16.4. The first kappa shape index (κ1) is 66.2. The summed E-state index contributed by atoms with van der Waals surface area (Å²) in [6, 6.07) is 0. The molecule has 0 aliphatic carbocycles. The van der Waals surface area contributed by atoms with E-state index in [1.807, 2.05) is 0 Å². The lowest BCUT2D eigenvalue weighted by Gasteiger charge is -1.89. The summed E-state index contributed by atoms with van der Waals surface area (Å²) in [7, 11) is 0. The predicted molar refractivity (Wildman–Crippen MR) is 41.0 cm³/mol. The molecule has 1 unspecified atom stereocenters. The number of aliphatic hydroxyl groups is 1. The van der Waals surface area contributed by atoms with Crippen molar-refractivity contribution in [3.8, 4) is 0 Å². The lowest BCUT2D eigenvalue weighted by atomic mass is 10.4. The number of aliphatic hydroxyl groups excluding tert-OH is 1. The average molecular weight is 198 g/mol. The van der Waals surface area contributed by atoms with E-state index < -0.39 is 12.1 Å². The second-order valence-corrected chi connectivity index (χ2v) is 1.01. The topological polar surface area (TPSA) is 247 Å². The molecule has 0 bridgehead atoms. The van der Waals surface area contributed by atoms with Crippen molar-refractivity contribution in [2.45, 2.75) is 13.0 Å². The van der Waals surface area contributed by atoms with Gasteiger partial charge in [0.1, 0.15) is 6.10 Å². The zero-order valence-electron chi connectivity index (χ0n) is 6.38. The summed E-state index contributed by atoms with van der Waals surface area (Å²) in [6.45, 7) is 1.20. The van der Waals surface area contributed by atoms with Gasteiger partial charge in [-0.25, -0.2) is 4.79 Å². The van der Waals surface area contributed by atoms with Gasteiger partial charge in [-0.2, -0.15) is 0 Å². The Morgan fingerprint density at radius 3 is 1.08 bits per heavy atom. The number of carboxylic acids is 1. The average Bonchev–Trinajstić information content (AvgIpc) is 1.36. The van der Waals surface area contributed by atoms with Gasteiger partial charge in [0, 0.05) is 0 Å².